The van der Waals surface area contributed by atoms with Crippen LogP contribution >= 0.6 is 0 Å². The van der Waals surface area contributed by atoms with E-state index in [9.17, 15) is 0 Å². The molecule has 2 aliphatic heterocycles. The van der Waals surface area contributed by atoms with Gasteiger partial charge in [-0.05, 0) is 44.4 Å². The summed E-state index contributed by atoms with van der Waals surface area (Å²) in [5.74, 6) is 2.57. The average molecular weight is 325 g/mol. The molecular formula is C18H35N3O2. The van der Waals surface area contributed by atoms with Crippen LogP contribution in [0.4, 0.5) is 0 Å². The standard InChI is InChI=1S/C18H35N3O2/c1-4-19-18(21-12-15(2)11-16(3)13-21)20-8-6-9-22-14-17-7-5-10-23-17/h15-17H,4-14H2,1-3H3,(H,19,20). The Morgan fingerprint density at radius 3 is 2.74 bits per heavy atom. The van der Waals surface area contributed by atoms with Gasteiger partial charge in [-0.25, -0.2) is 0 Å². The molecule has 0 aliphatic carbocycles. The minimum Gasteiger partial charge on any atom is -0.379 e. The molecule has 0 saturated carbocycles. The molecule has 0 aromatic rings. The van der Waals surface area contributed by atoms with Crippen molar-refractivity contribution >= 4 is 5.96 Å². The van der Waals surface area contributed by atoms with Crippen LogP contribution in [0.15, 0.2) is 4.99 Å². The molecule has 0 spiro atoms. The van der Waals surface area contributed by atoms with Crippen molar-refractivity contribution in [3.05, 3.63) is 0 Å². The molecule has 5 nitrogen and oxygen atoms in total. The largest absolute Gasteiger partial charge is 0.379 e. The summed E-state index contributed by atoms with van der Waals surface area (Å²) in [4.78, 5) is 7.22. The Labute approximate surface area is 141 Å². The molecule has 2 heterocycles. The summed E-state index contributed by atoms with van der Waals surface area (Å²) in [6, 6.07) is 0. The van der Waals surface area contributed by atoms with Crippen molar-refractivity contribution in [3.8, 4) is 0 Å². The Bertz CT molecular complexity index is 346. The van der Waals surface area contributed by atoms with Gasteiger partial charge in [0.15, 0.2) is 5.96 Å². The molecule has 0 bridgehead atoms. The van der Waals surface area contributed by atoms with Crippen LogP contribution in [-0.2, 0) is 9.47 Å². The van der Waals surface area contributed by atoms with Gasteiger partial charge < -0.3 is 19.7 Å². The lowest BCUT2D eigenvalue weighted by atomic mass is 9.92. The fraction of sp³-hybridized carbons (Fsp3) is 0.944. The Hall–Kier alpha value is -0.810. The third-order valence-corrected chi connectivity index (χ3v) is 4.54. The molecule has 0 aromatic heterocycles. The van der Waals surface area contributed by atoms with Crippen molar-refractivity contribution in [2.75, 3.05) is 46.0 Å². The molecule has 0 radical (unpaired) electrons. The fourth-order valence-corrected chi connectivity index (χ4v) is 3.60. The second-order valence-corrected chi connectivity index (χ2v) is 7.15. The van der Waals surface area contributed by atoms with Crippen molar-refractivity contribution in [2.24, 2.45) is 16.8 Å². The lowest BCUT2D eigenvalue weighted by molar-refractivity contribution is 0.0170. The van der Waals surface area contributed by atoms with E-state index in [0.717, 1.165) is 76.6 Å². The number of hydrogen-bond acceptors (Lipinski definition) is 3. The summed E-state index contributed by atoms with van der Waals surface area (Å²) >= 11 is 0. The monoisotopic (exact) mass is 325 g/mol. The highest BCUT2D eigenvalue weighted by Gasteiger charge is 2.23. The van der Waals surface area contributed by atoms with E-state index in [2.05, 4.69) is 31.0 Å². The fourth-order valence-electron chi connectivity index (χ4n) is 3.60. The first-order valence-electron chi connectivity index (χ1n) is 9.41. The molecule has 2 aliphatic rings. The summed E-state index contributed by atoms with van der Waals surface area (Å²) in [6.45, 7) is 13.2. The molecule has 3 atom stereocenters. The van der Waals surface area contributed by atoms with Crippen molar-refractivity contribution in [1.82, 2.24) is 10.2 Å². The quantitative estimate of drug-likeness (QED) is 0.444. The third kappa shape index (κ3) is 6.68. The first kappa shape index (κ1) is 18.5. The van der Waals surface area contributed by atoms with Crippen LogP contribution < -0.4 is 5.32 Å². The molecule has 3 unspecified atom stereocenters. The molecule has 2 saturated heterocycles. The van der Waals surface area contributed by atoms with Crippen molar-refractivity contribution < 1.29 is 9.47 Å². The first-order chi connectivity index (χ1) is 11.2. The van der Waals surface area contributed by atoms with Gasteiger partial charge in [0.25, 0.3) is 0 Å². The summed E-state index contributed by atoms with van der Waals surface area (Å²) in [5.41, 5.74) is 0. The van der Waals surface area contributed by atoms with Crippen molar-refractivity contribution in [1.29, 1.82) is 0 Å². The molecule has 23 heavy (non-hydrogen) atoms. The summed E-state index contributed by atoms with van der Waals surface area (Å²) in [6.07, 6.45) is 4.95. The van der Waals surface area contributed by atoms with E-state index in [0.29, 0.717) is 6.10 Å². The second kappa shape index (κ2) is 10.1. The van der Waals surface area contributed by atoms with E-state index in [-0.39, 0.29) is 0 Å². The number of nitrogens with one attached hydrogen (secondary N) is 1. The summed E-state index contributed by atoms with van der Waals surface area (Å²) in [5, 5.41) is 3.44. The van der Waals surface area contributed by atoms with Gasteiger partial charge in [-0.3, -0.25) is 4.99 Å². The highest BCUT2D eigenvalue weighted by atomic mass is 16.5. The minimum absolute atomic E-state index is 0.326. The molecule has 2 rings (SSSR count). The highest BCUT2D eigenvalue weighted by molar-refractivity contribution is 5.80. The van der Waals surface area contributed by atoms with Gasteiger partial charge in [-0.2, -0.15) is 0 Å². The van der Waals surface area contributed by atoms with Gasteiger partial charge in [0.2, 0.25) is 0 Å². The van der Waals surface area contributed by atoms with Crippen LogP contribution in [0.3, 0.4) is 0 Å². The van der Waals surface area contributed by atoms with Crippen LogP contribution in [0.1, 0.15) is 46.5 Å². The smallest absolute Gasteiger partial charge is 0.193 e. The van der Waals surface area contributed by atoms with E-state index in [1.54, 1.807) is 0 Å². The molecule has 5 heteroatoms. The van der Waals surface area contributed by atoms with Gasteiger partial charge in [-0.1, -0.05) is 13.8 Å². The van der Waals surface area contributed by atoms with Crippen molar-refractivity contribution in [2.45, 2.75) is 52.6 Å². The average Bonchev–Trinajstić information content (AvgIpc) is 3.02. The van der Waals surface area contributed by atoms with Gasteiger partial charge in [0.05, 0.1) is 12.7 Å². The lowest BCUT2D eigenvalue weighted by Gasteiger charge is -2.37. The number of ether oxygens (including phenoxy) is 2. The van der Waals surface area contributed by atoms with Crippen molar-refractivity contribution in [3.63, 3.8) is 0 Å². The van der Waals surface area contributed by atoms with Crippen LogP contribution in [0.25, 0.3) is 0 Å². The zero-order valence-corrected chi connectivity index (χ0v) is 15.2. The molecule has 134 valence electrons. The van der Waals surface area contributed by atoms with E-state index >= 15 is 0 Å². The third-order valence-electron chi connectivity index (χ3n) is 4.54. The number of hydrogen-bond donors (Lipinski definition) is 1. The summed E-state index contributed by atoms with van der Waals surface area (Å²) < 4.78 is 11.3. The molecule has 0 amide bonds. The number of guanidine groups is 1. The Balaban J connectivity index is 1.68. The van der Waals surface area contributed by atoms with E-state index < -0.39 is 0 Å². The maximum Gasteiger partial charge on any atom is 0.193 e. The number of aliphatic imine (C=N–C) groups is 1. The van der Waals surface area contributed by atoms with Gasteiger partial charge in [0, 0.05) is 39.4 Å². The van der Waals surface area contributed by atoms with E-state index in [4.69, 9.17) is 14.5 Å². The van der Waals surface area contributed by atoms with Crippen LogP contribution in [-0.4, -0.2) is 63.0 Å². The SMILES string of the molecule is CCNC(=NCCCOCC1CCCO1)N1CC(C)CC(C)C1. The number of nitrogens with zero attached hydrogens (tertiary/aromatic N) is 2. The minimum atomic E-state index is 0.326. The van der Waals surface area contributed by atoms with Gasteiger partial charge >= 0.3 is 0 Å². The molecule has 2 fully saturated rings. The predicted octanol–water partition coefficient (Wildman–Crippen LogP) is 2.52. The molecular weight excluding hydrogens is 290 g/mol. The molecule has 0 aromatic carbocycles. The van der Waals surface area contributed by atoms with Gasteiger partial charge in [-0.15, -0.1) is 0 Å². The maximum absolute atomic E-state index is 5.71. The van der Waals surface area contributed by atoms with Crippen LogP contribution in [0.5, 0.6) is 0 Å². The normalized spacial score (nSPS) is 29.1. The first-order valence-corrected chi connectivity index (χ1v) is 9.41. The zero-order valence-electron chi connectivity index (χ0n) is 15.2. The van der Waals surface area contributed by atoms with E-state index in [1.807, 2.05) is 0 Å². The highest BCUT2D eigenvalue weighted by Crippen LogP contribution is 2.20. The van der Waals surface area contributed by atoms with Gasteiger partial charge in [0.1, 0.15) is 0 Å². The number of piperidine rings is 1. The number of likely N-dealkylation sites (tertiary alicyclic amines) is 1. The molecule has 1 N–H and O–H groups in total. The zero-order chi connectivity index (χ0) is 16.5. The van der Waals surface area contributed by atoms with Crippen LogP contribution in [0, 0.1) is 11.8 Å². The topological polar surface area (TPSA) is 46.1 Å². The Kier molecular flexibility index (Phi) is 8.17. The maximum atomic E-state index is 5.71. The van der Waals surface area contributed by atoms with E-state index in [1.165, 1.54) is 12.8 Å². The number of rotatable bonds is 7. The lowest BCUT2D eigenvalue weighted by Crippen LogP contribution is -2.48. The summed E-state index contributed by atoms with van der Waals surface area (Å²) in [7, 11) is 0. The van der Waals surface area contributed by atoms with Crippen LogP contribution in [0.2, 0.25) is 0 Å². The predicted molar refractivity (Wildman–Crippen MR) is 94.9 cm³/mol. The second-order valence-electron chi connectivity index (χ2n) is 7.15. The Morgan fingerprint density at radius 2 is 2.09 bits per heavy atom. The Morgan fingerprint density at radius 1 is 1.30 bits per heavy atom.